The summed E-state index contributed by atoms with van der Waals surface area (Å²) in [6.45, 7) is 7.63. The zero-order chi connectivity index (χ0) is 14.0. The van der Waals surface area contributed by atoms with Crippen LogP contribution in [0.3, 0.4) is 0 Å². The number of fused-ring (bicyclic) bond motifs is 1. The van der Waals surface area contributed by atoms with Gasteiger partial charge in [-0.3, -0.25) is 4.79 Å². The lowest BCUT2D eigenvalue weighted by atomic mass is 10.1. The fourth-order valence-corrected chi connectivity index (χ4v) is 2.07. The highest BCUT2D eigenvalue weighted by atomic mass is 35.5. The molecule has 2 rings (SSSR count). The van der Waals surface area contributed by atoms with Gasteiger partial charge in [-0.1, -0.05) is 12.2 Å². The maximum Gasteiger partial charge on any atom is 0.272 e. The molecule has 0 fully saturated rings. The van der Waals surface area contributed by atoms with E-state index in [2.05, 4.69) is 21.9 Å². The predicted octanol–water partition coefficient (Wildman–Crippen LogP) is 2.76. The number of nitrogens with zero attached hydrogens (tertiary/aromatic N) is 3. The van der Waals surface area contributed by atoms with Crippen LogP contribution in [-0.2, 0) is 4.79 Å². The van der Waals surface area contributed by atoms with E-state index >= 15 is 0 Å². The van der Waals surface area contributed by atoms with E-state index in [1.54, 1.807) is 6.08 Å². The van der Waals surface area contributed by atoms with Gasteiger partial charge in [-0.25, -0.2) is 4.98 Å². The minimum Gasteiger partial charge on any atom is -0.318 e. The Labute approximate surface area is 117 Å². The number of amides is 1. The van der Waals surface area contributed by atoms with Crippen molar-refractivity contribution in [2.24, 2.45) is 0 Å². The van der Waals surface area contributed by atoms with Crippen molar-refractivity contribution in [1.29, 1.82) is 0 Å². The van der Waals surface area contributed by atoms with Crippen molar-refractivity contribution in [3.05, 3.63) is 35.9 Å². The molecule has 0 aliphatic carbocycles. The Balaban J connectivity index is 2.55. The van der Waals surface area contributed by atoms with E-state index in [0.717, 1.165) is 0 Å². The number of halogens is 1. The molecule has 1 amide bonds. The number of carbonyl (C=O) groups excluding carboxylic acids is 1. The molecule has 1 aliphatic rings. The lowest BCUT2D eigenvalue weighted by molar-refractivity contribution is -0.113. The van der Waals surface area contributed by atoms with E-state index in [9.17, 15) is 4.79 Å². The van der Waals surface area contributed by atoms with Crippen molar-refractivity contribution in [3.8, 4) is 0 Å². The van der Waals surface area contributed by atoms with Crippen LogP contribution in [0.25, 0.3) is 0 Å². The van der Waals surface area contributed by atoms with Gasteiger partial charge in [-0.2, -0.15) is 4.98 Å². The van der Waals surface area contributed by atoms with Crippen molar-refractivity contribution in [2.75, 3.05) is 10.2 Å². The van der Waals surface area contributed by atoms with Crippen molar-refractivity contribution in [1.82, 2.24) is 9.97 Å². The third-order valence-electron chi connectivity index (χ3n) is 2.70. The van der Waals surface area contributed by atoms with Gasteiger partial charge in [-0.05, 0) is 31.9 Å². The molecule has 1 aromatic rings. The Morgan fingerprint density at radius 3 is 2.95 bits per heavy atom. The van der Waals surface area contributed by atoms with Crippen LogP contribution in [0.4, 0.5) is 11.5 Å². The topological polar surface area (TPSA) is 58.1 Å². The summed E-state index contributed by atoms with van der Waals surface area (Å²) in [5, 5.41) is 2.92. The fourth-order valence-electron chi connectivity index (χ4n) is 1.94. The van der Waals surface area contributed by atoms with Crippen molar-refractivity contribution in [3.63, 3.8) is 0 Å². The van der Waals surface area contributed by atoms with Crippen LogP contribution >= 0.6 is 11.6 Å². The van der Waals surface area contributed by atoms with Gasteiger partial charge >= 0.3 is 0 Å². The average molecular weight is 279 g/mol. The van der Waals surface area contributed by atoms with Gasteiger partial charge in [0.25, 0.3) is 5.91 Å². The Morgan fingerprint density at radius 2 is 2.32 bits per heavy atom. The van der Waals surface area contributed by atoms with Crippen LogP contribution in [-0.4, -0.2) is 21.9 Å². The number of hydrogen-bond acceptors (Lipinski definition) is 4. The minimum absolute atomic E-state index is 0.0758. The first-order valence-electron chi connectivity index (χ1n) is 5.98. The molecule has 0 aromatic carbocycles. The van der Waals surface area contributed by atoms with E-state index in [-0.39, 0.29) is 17.2 Å². The molecule has 0 unspecified atom stereocenters. The molecule has 2 heterocycles. The van der Waals surface area contributed by atoms with E-state index in [0.29, 0.717) is 23.6 Å². The second-order valence-electron chi connectivity index (χ2n) is 4.41. The molecule has 100 valence electrons. The number of nitrogens with one attached hydrogen (secondary N) is 1. The minimum atomic E-state index is -0.172. The second kappa shape index (κ2) is 5.40. The Kier molecular flexibility index (Phi) is 3.85. The summed E-state index contributed by atoms with van der Waals surface area (Å²) in [6.07, 6.45) is 5.69. The third kappa shape index (κ3) is 2.61. The number of aromatic nitrogens is 2. The van der Waals surface area contributed by atoms with Crippen LogP contribution in [0.2, 0.25) is 5.28 Å². The van der Waals surface area contributed by atoms with Gasteiger partial charge < -0.3 is 10.2 Å². The molecular weight excluding hydrogens is 264 g/mol. The van der Waals surface area contributed by atoms with Crippen LogP contribution in [0.15, 0.2) is 30.6 Å². The molecule has 0 atom stereocenters. The monoisotopic (exact) mass is 278 g/mol. The van der Waals surface area contributed by atoms with Gasteiger partial charge in [0.05, 0.1) is 6.20 Å². The van der Waals surface area contributed by atoms with E-state index in [4.69, 9.17) is 11.6 Å². The van der Waals surface area contributed by atoms with Gasteiger partial charge in [0, 0.05) is 6.04 Å². The summed E-state index contributed by atoms with van der Waals surface area (Å²) in [4.78, 5) is 22.1. The van der Waals surface area contributed by atoms with Crippen LogP contribution in [0.5, 0.6) is 0 Å². The van der Waals surface area contributed by atoms with Gasteiger partial charge in [-0.15, -0.1) is 6.58 Å². The maximum absolute atomic E-state index is 12.1. The molecule has 19 heavy (non-hydrogen) atoms. The molecule has 0 spiro atoms. The molecule has 6 heteroatoms. The Hall–Kier alpha value is -1.88. The van der Waals surface area contributed by atoms with Crippen LogP contribution in [0.1, 0.15) is 20.3 Å². The smallest absolute Gasteiger partial charge is 0.272 e. The highest BCUT2D eigenvalue weighted by Crippen LogP contribution is 2.33. The van der Waals surface area contributed by atoms with Gasteiger partial charge in [0.1, 0.15) is 11.4 Å². The van der Waals surface area contributed by atoms with E-state index in [1.807, 2.05) is 24.8 Å². The molecule has 1 aliphatic heterocycles. The molecule has 0 bridgehead atoms. The second-order valence-corrected chi connectivity index (χ2v) is 4.75. The lowest BCUT2D eigenvalue weighted by Gasteiger charge is -2.34. The predicted molar refractivity (Wildman–Crippen MR) is 76.2 cm³/mol. The zero-order valence-corrected chi connectivity index (χ0v) is 11.6. The molecule has 5 nitrogen and oxygen atoms in total. The summed E-state index contributed by atoms with van der Waals surface area (Å²) in [5.41, 5.74) is 1.12. The average Bonchev–Trinajstić information content (AvgIpc) is 2.36. The zero-order valence-electron chi connectivity index (χ0n) is 10.9. The molecule has 1 N–H and O–H groups in total. The normalized spacial score (nSPS) is 16.5. The summed E-state index contributed by atoms with van der Waals surface area (Å²) < 4.78 is 0. The van der Waals surface area contributed by atoms with E-state index < -0.39 is 0 Å². The summed E-state index contributed by atoms with van der Waals surface area (Å²) in [5.74, 6) is 0.443. The van der Waals surface area contributed by atoms with Crippen LogP contribution in [0, 0.1) is 0 Å². The number of rotatable bonds is 3. The lowest BCUT2D eigenvalue weighted by Crippen LogP contribution is -2.41. The quantitative estimate of drug-likeness (QED) is 0.525. The Bertz CT molecular complexity index is 554. The SMILES string of the molecule is C=CCC=C1C(=O)Nc2cnc(Cl)nc2N1C(C)C. The summed E-state index contributed by atoms with van der Waals surface area (Å²) in [7, 11) is 0. The first-order valence-corrected chi connectivity index (χ1v) is 6.36. The molecule has 0 radical (unpaired) electrons. The fraction of sp³-hybridized carbons (Fsp3) is 0.308. The van der Waals surface area contributed by atoms with Crippen LogP contribution < -0.4 is 10.2 Å². The van der Waals surface area contributed by atoms with Gasteiger partial charge in [0.2, 0.25) is 5.28 Å². The maximum atomic E-state index is 12.1. The highest BCUT2D eigenvalue weighted by molar-refractivity contribution is 6.28. The third-order valence-corrected chi connectivity index (χ3v) is 2.88. The Morgan fingerprint density at radius 1 is 1.58 bits per heavy atom. The molecule has 0 saturated carbocycles. The van der Waals surface area contributed by atoms with Crippen molar-refractivity contribution in [2.45, 2.75) is 26.3 Å². The number of allylic oxidation sites excluding steroid dienone is 2. The van der Waals surface area contributed by atoms with Crippen molar-refractivity contribution < 1.29 is 4.79 Å². The molecule has 1 aromatic heterocycles. The van der Waals surface area contributed by atoms with Gasteiger partial charge in [0.15, 0.2) is 5.82 Å². The first-order chi connectivity index (χ1) is 9.04. The first kappa shape index (κ1) is 13.5. The number of carbonyl (C=O) groups is 1. The van der Waals surface area contributed by atoms with Crippen molar-refractivity contribution >= 4 is 29.0 Å². The standard InChI is InChI=1S/C13H15ClN4O/c1-4-5-6-10-12(19)16-9-7-15-13(14)17-11(9)18(10)8(2)3/h4,6-8H,1,5H2,2-3H3,(H,16,19). The van der Waals surface area contributed by atoms with E-state index in [1.165, 1.54) is 6.20 Å². The number of anilines is 2. The highest BCUT2D eigenvalue weighted by Gasteiger charge is 2.30. The summed E-state index contributed by atoms with van der Waals surface area (Å²) in [6, 6.07) is 0.0758. The molecular formula is C13H15ClN4O. The number of hydrogen-bond donors (Lipinski definition) is 1. The largest absolute Gasteiger partial charge is 0.318 e. The molecule has 0 saturated heterocycles. The summed E-state index contributed by atoms with van der Waals surface area (Å²) >= 11 is 5.84.